The van der Waals surface area contributed by atoms with E-state index in [-0.39, 0.29) is 0 Å². The molecule has 0 spiro atoms. The van der Waals surface area contributed by atoms with E-state index in [4.69, 9.17) is 0 Å². The van der Waals surface area contributed by atoms with Crippen LogP contribution in [0.25, 0.3) is 76.9 Å². The van der Waals surface area contributed by atoms with Crippen molar-refractivity contribution in [3.8, 4) is 22.5 Å². The van der Waals surface area contributed by atoms with Gasteiger partial charge in [0.25, 0.3) is 0 Å². The van der Waals surface area contributed by atoms with Crippen LogP contribution >= 0.6 is 0 Å². The van der Waals surface area contributed by atoms with Gasteiger partial charge >= 0.3 is 0 Å². The predicted molar refractivity (Wildman–Crippen MR) is 206 cm³/mol. The van der Waals surface area contributed by atoms with Gasteiger partial charge in [-0.25, -0.2) is 0 Å². The summed E-state index contributed by atoms with van der Waals surface area (Å²) in [7, 11) is 0. The second kappa shape index (κ2) is 9.96. The highest BCUT2D eigenvalue weighted by atomic mass is 15.1. The van der Waals surface area contributed by atoms with E-state index in [1.807, 2.05) is 0 Å². The molecule has 0 N–H and O–H groups in total. The van der Waals surface area contributed by atoms with Crippen LogP contribution in [-0.2, 0) is 0 Å². The summed E-state index contributed by atoms with van der Waals surface area (Å²) in [5.74, 6) is 0. The van der Waals surface area contributed by atoms with Gasteiger partial charge in [-0.1, -0.05) is 97.1 Å². The number of para-hydroxylation sites is 4. The van der Waals surface area contributed by atoms with Crippen molar-refractivity contribution >= 4 is 71.4 Å². The number of fused-ring (bicyclic) bond motifs is 1. The van der Waals surface area contributed by atoms with Crippen molar-refractivity contribution < 1.29 is 0 Å². The molecule has 228 valence electrons. The molecule has 0 saturated carbocycles. The van der Waals surface area contributed by atoms with Crippen molar-refractivity contribution in [2.24, 2.45) is 0 Å². The Kier molecular flexibility index (Phi) is 5.38. The molecule has 2 heterocycles. The Balaban J connectivity index is 1.38. The summed E-state index contributed by atoms with van der Waals surface area (Å²) in [4.78, 5) is 2.39. The lowest BCUT2D eigenvalue weighted by atomic mass is 9.97. The molecule has 0 unspecified atom stereocenters. The third-order valence-electron chi connectivity index (χ3n) is 10.4. The summed E-state index contributed by atoms with van der Waals surface area (Å²) in [6.45, 7) is 0. The van der Waals surface area contributed by atoms with E-state index >= 15 is 0 Å². The zero-order chi connectivity index (χ0) is 32.1. The highest BCUT2D eigenvalue weighted by Gasteiger charge is 2.28. The van der Waals surface area contributed by atoms with Gasteiger partial charge in [0, 0.05) is 55.4 Å². The van der Waals surface area contributed by atoms with Crippen molar-refractivity contribution in [3.05, 3.63) is 176 Å². The SMILES string of the molecule is c1ccc(N(c2ccccc2)c2cc3c4c5c6c(ccc7c6c6c-3cccc6n7-c3ccccc3)ccc5n(-c3ccccc3)c4c2)cc1. The van der Waals surface area contributed by atoms with Crippen molar-refractivity contribution in [1.82, 2.24) is 9.13 Å². The normalized spacial score (nSPS) is 12.1. The molecule has 0 aliphatic heterocycles. The molecule has 49 heavy (non-hydrogen) atoms. The molecule has 0 radical (unpaired) electrons. The quantitative estimate of drug-likeness (QED) is 0.186. The number of aromatic nitrogens is 2. The smallest absolute Gasteiger partial charge is 0.0568 e. The standard InChI is InChI=1S/C46H29N3/c1-5-14-31(15-6-1)47(32-16-7-2-8-17-32)35-28-37-36-22-13-23-38-43(36)45-39(48(38)33-18-9-3-10-19-33)26-24-30-25-27-40-46(42(30)45)44(37)41(29-35)49(40)34-20-11-4-12-21-34/h1-29H. The molecule has 11 rings (SSSR count). The van der Waals surface area contributed by atoms with Crippen molar-refractivity contribution in [1.29, 1.82) is 0 Å². The zero-order valence-electron chi connectivity index (χ0n) is 26.6. The van der Waals surface area contributed by atoms with Crippen molar-refractivity contribution in [2.75, 3.05) is 4.90 Å². The number of hydrogen-bond donors (Lipinski definition) is 0. The molecule has 0 atom stereocenters. The van der Waals surface area contributed by atoms with Gasteiger partial charge < -0.3 is 14.0 Å². The van der Waals surface area contributed by atoms with Crippen LogP contribution in [0.5, 0.6) is 0 Å². The molecule has 0 saturated heterocycles. The lowest BCUT2D eigenvalue weighted by Gasteiger charge is -2.26. The number of anilines is 3. The summed E-state index contributed by atoms with van der Waals surface area (Å²) in [6, 6.07) is 64.1. The Morgan fingerprint density at radius 1 is 0.306 bits per heavy atom. The highest BCUT2D eigenvalue weighted by molar-refractivity contribution is 6.39. The molecule has 3 heteroatoms. The van der Waals surface area contributed by atoms with Gasteiger partial charge in [0.15, 0.2) is 0 Å². The minimum atomic E-state index is 1.12. The van der Waals surface area contributed by atoms with Crippen LogP contribution in [0, 0.1) is 0 Å². The van der Waals surface area contributed by atoms with Crippen molar-refractivity contribution in [2.45, 2.75) is 0 Å². The number of rotatable bonds is 5. The fraction of sp³-hybridized carbons (Fsp3) is 0. The molecule has 1 aliphatic rings. The molecule has 2 aromatic heterocycles. The third-order valence-corrected chi connectivity index (χ3v) is 10.4. The highest BCUT2D eigenvalue weighted by Crippen LogP contribution is 2.53. The maximum absolute atomic E-state index is 2.48. The van der Waals surface area contributed by atoms with Gasteiger partial charge in [-0.3, -0.25) is 0 Å². The molecule has 0 fully saturated rings. The van der Waals surface area contributed by atoms with Gasteiger partial charge in [-0.15, -0.1) is 0 Å². The molecule has 0 amide bonds. The first-order chi connectivity index (χ1) is 24.3. The number of benzene rings is 8. The third kappa shape index (κ3) is 3.62. The van der Waals surface area contributed by atoms with Crippen LogP contribution in [0.15, 0.2) is 176 Å². The van der Waals surface area contributed by atoms with Crippen LogP contribution < -0.4 is 4.90 Å². The lowest BCUT2D eigenvalue weighted by Crippen LogP contribution is -2.10. The van der Waals surface area contributed by atoms with E-state index in [9.17, 15) is 0 Å². The first kappa shape index (κ1) is 26.5. The molecule has 3 nitrogen and oxygen atoms in total. The summed E-state index contributed by atoms with van der Waals surface area (Å²) in [6.07, 6.45) is 0. The molecular formula is C46H29N3. The summed E-state index contributed by atoms with van der Waals surface area (Å²) >= 11 is 0. The Morgan fingerprint density at radius 3 is 1.37 bits per heavy atom. The van der Waals surface area contributed by atoms with E-state index < -0.39 is 0 Å². The molecule has 8 aromatic carbocycles. The van der Waals surface area contributed by atoms with Gasteiger partial charge in [-0.2, -0.15) is 0 Å². The Morgan fingerprint density at radius 2 is 0.796 bits per heavy atom. The van der Waals surface area contributed by atoms with Crippen LogP contribution in [0.2, 0.25) is 0 Å². The fourth-order valence-electron chi connectivity index (χ4n) is 8.45. The average Bonchev–Trinajstić information content (AvgIpc) is 3.65. The van der Waals surface area contributed by atoms with Gasteiger partial charge in [0.1, 0.15) is 0 Å². The molecule has 0 bridgehead atoms. The second-order valence-electron chi connectivity index (χ2n) is 13.0. The maximum atomic E-state index is 2.48. The van der Waals surface area contributed by atoms with Crippen LogP contribution in [0.4, 0.5) is 17.1 Å². The molecule has 10 aromatic rings. The first-order valence-corrected chi connectivity index (χ1v) is 16.9. The van der Waals surface area contributed by atoms with E-state index in [1.165, 1.54) is 71.2 Å². The van der Waals surface area contributed by atoms with Crippen LogP contribution in [0.1, 0.15) is 0 Å². The number of hydrogen-bond acceptors (Lipinski definition) is 1. The first-order valence-electron chi connectivity index (χ1n) is 16.9. The lowest BCUT2D eigenvalue weighted by molar-refractivity contribution is 1.18. The van der Waals surface area contributed by atoms with Crippen LogP contribution in [-0.4, -0.2) is 9.13 Å². The van der Waals surface area contributed by atoms with E-state index in [1.54, 1.807) is 0 Å². The summed E-state index contributed by atoms with van der Waals surface area (Å²) in [5, 5.41) is 7.85. The second-order valence-corrected chi connectivity index (χ2v) is 13.0. The minimum absolute atomic E-state index is 1.12. The largest absolute Gasteiger partial charge is 0.310 e. The summed E-state index contributed by atoms with van der Waals surface area (Å²) < 4.78 is 4.93. The van der Waals surface area contributed by atoms with Crippen LogP contribution in [0.3, 0.4) is 0 Å². The van der Waals surface area contributed by atoms with E-state index in [2.05, 4.69) is 190 Å². The maximum Gasteiger partial charge on any atom is 0.0568 e. The number of nitrogens with zero attached hydrogens (tertiary/aromatic N) is 3. The Labute approximate surface area is 283 Å². The monoisotopic (exact) mass is 623 g/mol. The minimum Gasteiger partial charge on any atom is -0.310 e. The Bertz CT molecular complexity index is 2860. The fourth-order valence-corrected chi connectivity index (χ4v) is 8.45. The van der Waals surface area contributed by atoms with E-state index in [0.29, 0.717) is 0 Å². The van der Waals surface area contributed by atoms with Gasteiger partial charge in [0.2, 0.25) is 0 Å². The zero-order valence-corrected chi connectivity index (χ0v) is 26.6. The molecule has 1 aliphatic carbocycles. The van der Waals surface area contributed by atoms with Crippen molar-refractivity contribution in [3.63, 3.8) is 0 Å². The summed E-state index contributed by atoms with van der Waals surface area (Å²) in [5.41, 5.74) is 13.1. The average molecular weight is 624 g/mol. The van der Waals surface area contributed by atoms with Gasteiger partial charge in [0.05, 0.1) is 22.1 Å². The Hall–Kier alpha value is -6.58. The van der Waals surface area contributed by atoms with Gasteiger partial charge in [-0.05, 0) is 95.4 Å². The topological polar surface area (TPSA) is 13.1 Å². The predicted octanol–water partition coefficient (Wildman–Crippen LogP) is 12.5. The molecular weight excluding hydrogens is 595 g/mol. The van der Waals surface area contributed by atoms with E-state index in [0.717, 1.165) is 22.7 Å².